The van der Waals surface area contributed by atoms with E-state index < -0.39 is 0 Å². The first kappa shape index (κ1) is 15.8. The summed E-state index contributed by atoms with van der Waals surface area (Å²) in [6.07, 6.45) is 0.965. The van der Waals surface area contributed by atoms with E-state index in [0.29, 0.717) is 10.0 Å². The number of hydrogen-bond donors (Lipinski definition) is 2. The van der Waals surface area contributed by atoms with E-state index in [9.17, 15) is 0 Å². The molecule has 0 spiro atoms. The summed E-state index contributed by atoms with van der Waals surface area (Å²) in [4.78, 5) is 0. The first-order chi connectivity index (χ1) is 8.38. The molecule has 0 radical (unpaired) electrons. The minimum absolute atomic E-state index is 0.186. The number of nitrogens with one attached hydrogen (secondary N) is 2. The highest BCUT2D eigenvalue weighted by atomic mass is 35.5. The van der Waals surface area contributed by atoms with Crippen molar-refractivity contribution in [1.29, 1.82) is 0 Å². The topological polar surface area (TPSA) is 24.1 Å². The molecule has 18 heavy (non-hydrogen) atoms. The van der Waals surface area contributed by atoms with E-state index in [0.717, 1.165) is 26.1 Å². The van der Waals surface area contributed by atoms with Crippen molar-refractivity contribution in [3.63, 3.8) is 0 Å². The van der Waals surface area contributed by atoms with Crippen LogP contribution in [-0.4, -0.2) is 25.2 Å². The van der Waals surface area contributed by atoms with Gasteiger partial charge in [0.05, 0.1) is 10.0 Å². The molecular weight excluding hydrogens is 267 g/mol. The second-order valence-electron chi connectivity index (χ2n) is 5.43. The number of benzene rings is 1. The zero-order valence-electron chi connectivity index (χ0n) is 11.3. The average Bonchev–Trinajstić information content (AvgIpc) is 2.26. The second kappa shape index (κ2) is 7.34. The Hall–Kier alpha value is -0.280. The maximum absolute atomic E-state index is 5.96. The highest BCUT2D eigenvalue weighted by Gasteiger charge is 2.06. The first-order valence-corrected chi connectivity index (χ1v) is 7.04. The molecule has 1 aromatic rings. The van der Waals surface area contributed by atoms with E-state index >= 15 is 0 Å². The number of halogens is 2. The van der Waals surface area contributed by atoms with Crippen LogP contribution in [0.15, 0.2) is 18.2 Å². The van der Waals surface area contributed by atoms with Gasteiger partial charge < -0.3 is 10.6 Å². The van der Waals surface area contributed by atoms with Gasteiger partial charge >= 0.3 is 0 Å². The molecule has 2 N–H and O–H groups in total. The highest BCUT2D eigenvalue weighted by Crippen LogP contribution is 2.22. The average molecular weight is 289 g/mol. The van der Waals surface area contributed by atoms with Crippen LogP contribution in [0.1, 0.15) is 26.3 Å². The maximum atomic E-state index is 5.96. The highest BCUT2D eigenvalue weighted by molar-refractivity contribution is 6.42. The fraction of sp³-hybridized carbons (Fsp3) is 0.571. The summed E-state index contributed by atoms with van der Waals surface area (Å²) in [5.41, 5.74) is 1.39. The molecule has 4 heteroatoms. The summed E-state index contributed by atoms with van der Waals surface area (Å²) in [7, 11) is 0. The quantitative estimate of drug-likeness (QED) is 0.783. The SMILES string of the molecule is CC(C)(C)NCCNCCc1ccc(Cl)c(Cl)c1. The Balaban J connectivity index is 2.16. The van der Waals surface area contributed by atoms with Crippen molar-refractivity contribution < 1.29 is 0 Å². The van der Waals surface area contributed by atoms with E-state index in [1.807, 2.05) is 18.2 Å². The third-order valence-corrected chi connectivity index (χ3v) is 3.27. The largest absolute Gasteiger partial charge is 0.315 e. The fourth-order valence-electron chi connectivity index (χ4n) is 1.58. The van der Waals surface area contributed by atoms with Crippen molar-refractivity contribution in [1.82, 2.24) is 10.6 Å². The molecule has 102 valence electrons. The van der Waals surface area contributed by atoms with Gasteiger partial charge in [0.2, 0.25) is 0 Å². The molecule has 0 aliphatic rings. The van der Waals surface area contributed by atoms with Crippen molar-refractivity contribution in [2.75, 3.05) is 19.6 Å². The Kier molecular flexibility index (Phi) is 6.44. The smallest absolute Gasteiger partial charge is 0.0595 e. The minimum atomic E-state index is 0.186. The lowest BCUT2D eigenvalue weighted by Crippen LogP contribution is -2.40. The van der Waals surface area contributed by atoms with Crippen LogP contribution in [0.4, 0.5) is 0 Å². The molecule has 0 aromatic heterocycles. The Morgan fingerprint density at radius 1 is 1.00 bits per heavy atom. The normalized spacial score (nSPS) is 11.8. The molecule has 1 rings (SSSR count). The summed E-state index contributed by atoms with van der Waals surface area (Å²) in [6, 6.07) is 5.79. The van der Waals surface area contributed by atoms with Crippen molar-refractivity contribution in [2.45, 2.75) is 32.7 Å². The van der Waals surface area contributed by atoms with Gasteiger partial charge in [-0.3, -0.25) is 0 Å². The molecule has 2 nitrogen and oxygen atoms in total. The second-order valence-corrected chi connectivity index (χ2v) is 6.24. The van der Waals surface area contributed by atoms with Gasteiger partial charge in [-0.1, -0.05) is 29.3 Å². The van der Waals surface area contributed by atoms with Gasteiger partial charge in [-0.2, -0.15) is 0 Å². The molecule has 0 aliphatic heterocycles. The van der Waals surface area contributed by atoms with Crippen LogP contribution in [0.2, 0.25) is 10.0 Å². The first-order valence-electron chi connectivity index (χ1n) is 6.28. The van der Waals surface area contributed by atoms with Gasteiger partial charge in [-0.15, -0.1) is 0 Å². The third kappa shape index (κ3) is 6.60. The molecule has 0 amide bonds. The zero-order chi connectivity index (χ0) is 13.6. The van der Waals surface area contributed by atoms with Crippen LogP contribution in [0.25, 0.3) is 0 Å². The van der Waals surface area contributed by atoms with Crippen LogP contribution in [0, 0.1) is 0 Å². The number of hydrogen-bond acceptors (Lipinski definition) is 2. The van der Waals surface area contributed by atoms with Crippen LogP contribution in [0.5, 0.6) is 0 Å². The van der Waals surface area contributed by atoms with Gasteiger partial charge in [-0.25, -0.2) is 0 Å². The van der Waals surface area contributed by atoms with E-state index in [1.54, 1.807) is 0 Å². The van der Waals surface area contributed by atoms with Gasteiger partial charge in [0.15, 0.2) is 0 Å². The predicted octanol–water partition coefficient (Wildman–Crippen LogP) is 3.51. The van der Waals surface area contributed by atoms with E-state index in [1.165, 1.54) is 5.56 Å². The van der Waals surface area contributed by atoms with Crippen molar-refractivity contribution >= 4 is 23.2 Å². The lowest BCUT2D eigenvalue weighted by Gasteiger charge is -2.20. The summed E-state index contributed by atoms with van der Waals surface area (Å²) in [5.74, 6) is 0. The Morgan fingerprint density at radius 2 is 1.72 bits per heavy atom. The van der Waals surface area contributed by atoms with Crippen molar-refractivity contribution in [3.8, 4) is 0 Å². The van der Waals surface area contributed by atoms with E-state index in [2.05, 4.69) is 31.4 Å². The molecule has 0 fully saturated rings. The molecule has 0 bridgehead atoms. The van der Waals surface area contributed by atoms with Crippen LogP contribution in [0.3, 0.4) is 0 Å². The molecule has 1 aromatic carbocycles. The Labute approximate surface area is 120 Å². The Bertz CT molecular complexity index is 373. The lowest BCUT2D eigenvalue weighted by atomic mass is 10.1. The van der Waals surface area contributed by atoms with E-state index in [-0.39, 0.29) is 5.54 Å². The molecule has 0 atom stereocenters. The molecule has 0 saturated carbocycles. The number of rotatable bonds is 6. The third-order valence-electron chi connectivity index (χ3n) is 2.53. The summed E-state index contributed by atoms with van der Waals surface area (Å²) in [5, 5.41) is 8.08. The van der Waals surface area contributed by atoms with E-state index in [4.69, 9.17) is 23.2 Å². The van der Waals surface area contributed by atoms with Gasteiger partial charge in [0, 0.05) is 18.6 Å². The monoisotopic (exact) mass is 288 g/mol. The molecule has 0 heterocycles. The van der Waals surface area contributed by atoms with Crippen molar-refractivity contribution in [3.05, 3.63) is 33.8 Å². The zero-order valence-corrected chi connectivity index (χ0v) is 12.8. The fourth-order valence-corrected chi connectivity index (χ4v) is 1.90. The van der Waals surface area contributed by atoms with Gasteiger partial charge in [0.1, 0.15) is 0 Å². The molecular formula is C14H22Cl2N2. The predicted molar refractivity (Wildman–Crippen MR) is 80.8 cm³/mol. The summed E-state index contributed by atoms with van der Waals surface area (Å²) < 4.78 is 0. The maximum Gasteiger partial charge on any atom is 0.0595 e. The lowest BCUT2D eigenvalue weighted by molar-refractivity contribution is 0.422. The molecule has 0 aliphatic carbocycles. The van der Waals surface area contributed by atoms with Crippen LogP contribution >= 0.6 is 23.2 Å². The van der Waals surface area contributed by atoms with Crippen LogP contribution < -0.4 is 10.6 Å². The summed E-state index contributed by atoms with van der Waals surface area (Å²) in [6.45, 7) is 9.40. The minimum Gasteiger partial charge on any atom is -0.315 e. The van der Waals surface area contributed by atoms with Gasteiger partial charge in [-0.05, 0) is 51.4 Å². The Morgan fingerprint density at radius 3 is 2.33 bits per heavy atom. The van der Waals surface area contributed by atoms with Crippen LogP contribution in [-0.2, 0) is 6.42 Å². The van der Waals surface area contributed by atoms with Crippen molar-refractivity contribution in [2.24, 2.45) is 0 Å². The molecule has 0 saturated heterocycles. The standard InChI is InChI=1S/C14H22Cl2N2/c1-14(2,3)18-9-8-17-7-6-11-4-5-12(15)13(16)10-11/h4-5,10,17-18H,6-9H2,1-3H3. The van der Waals surface area contributed by atoms with Gasteiger partial charge in [0.25, 0.3) is 0 Å². The summed E-state index contributed by atoms with van der Waals surface area (Å²) >= 11 is 11.8. The molecule has 0 unspecified atom stereocenters.